The third-order valence-corrected chi connectivity index (χ3v) is 21.7. The summed E-state index contributed by atoms with van der Waals surface area (Å²) >= 11 is 0. The van der Waals surface area contributed by atoms with Crippen LogP contribution >= 0.6 is 15.6 Å². The quantitative estimate of drug-likeness (QED) is 0.0222. The largest absolute Gasteiger partial charge is 0.472 e. The maximum Gasteiger partial charge on any atom is 0.472 e. The number of phosphoric ester groups is 2. The topological polar surface area (TPSA) is 237 Å². The van der Waals surface area contributed by atoms with E-state index in [1.54, 1.807) is 0 Å². The van der Waals surface area contributed by atoms with Crippen molar-refractivity contribution in [1.29, 1.82) is 0 Å². The molecule has 0 aliphatic rings. The third kappa shape index (κ3) is 78.0. The molecule has 0 bridgehead atoms. The van der Waals surface area contributed by atoms with Crippen LogP contribution in [0.15, 0.2) is 0 Å². The number of carbonyl (C=O) groups excluding carboxylic acids is 4. The monoisotopic (exact) mass is 1510 g/mol. The Bertz CT molecular complexity index is 1960. The molecule has 17 nitrogen and oxygen atoms in total. The Hall–Kier alpha value is -1.94. The predicted octanol–water partition coefficient (Wildman–Crippen LogP) is 25.6. The maximum atomic E-state index is 13.1. The van der Waals surface area contributed by atoms with Gasteiger partial charge in [0.05, 0.1) is 26.4 Å². The molecule has 5 atom stereocenters. The van der Waals surface area contributed by atoms with E-state index in [2.05, 4.69) is 34.6 Å². The molecule has 0 fully saturated rings. The molecule has 3 N–H and O–H groups in total. The van der Waals surface area contributed by atoms with Crippen LogP contribution in [0.25, 0.3) is 0 Å². The third-order valence-electron chi connectivity index (χ3n) is 19.8. The molecule has 612 valence electrons. The van der Waals surface area contributed by atoms with Gasteiger partial charge >= 0.3 is 39.5 Å². The van der Waals surface area contributed by atoms with Gasteiger partial charge in [-0.15, -0.1) is 0 Å². The van der Waals surface area contributed by atoms with Crippen LogP contribution in [0.4, 0.5) is 0 Å². The maximum absolute atomic E-state index is 13.1. The van der Waals surface area contributed by atoms with E-state index in [0.29, 0.717) is 25.7 Å². The average molecular weight is 1510 g/mol. The van der Waals surface area contributed by atoms with Crippen LogP contribution in [0.2, 0.25) is 0 Å². The zero-order chi connectivity index (χ0) is 75.5. The molecular formula is C84H164O17P2. The van der Waals surface area contributed by atoms with E-state index < -0.39 is 97.5 Å². The zero-order valence-electron chi connectivity index (χ0n) is 67.5. The molecule has 0 aromatic heterocycles. The summed E-state index contributed by atoms with van der Waals surface area (Å²) in [7, 11) is -9.92. The molecule has 0 radical (unpaired) electrons. The lowest BCUT2D eigenvalue weighted by atomic mass is 10.0. The van der Waals surface area contributed by atoms with Crippen LogP contribution in [-0.4, -0.2) is 96.7 Å². The van der Waals surface area contributed by atoms with Gasteiger partial charge in [0, 0.05) is 25.7 Å². The van der Waals surface area contributed by atoms with Crippen LogP contribution in [0.1, 0.15) is 452 Å². The van der Waals surface area contributed by atoms with Gasteiger partial charge in [-0.3, -0.25) is 37.3 Å². The molecule has 0 saturated heterocycles. The second-order valence-corrected chi connectivity index (χ2v) is 33.6. The highest BCUT2D eigenvalue weighted by Gasteiger charge is 2.30. The molecule has 0 aliphatic heterocycles. The van der Waals surface area contributed by atoms with Crippen LogP contribution in [0, 0.1) is 5.92 Å². The minimum Gasteiger partial charge on any atom is -0.462 e. The lowest BCUT2D eigenvalue weighted by Gasteiger charge is -2.21. The molecule has 0 aromatic rings. The second kappa shape index (κ2) is 76.8. The van der Waals surface area contributed by atoms with E-state index in [9.17, 15) is 43.2 Å². The number of hydrogen-bond donors (Lipinski definition) is 3. The molecular weight excluding hydrogens is 1340 g/mol. The number of hydrogen-bond acceptors (Lipinski definition) is 15. The van der Waals surface area contributed by atoms with Crippen LogP contribution in [-0.2, 0) is 65.4 Å². The highest BCUT2D eigenvalue weighted by Crippen LogP contribution is 2.45. The standard InChI is InChI=1S/C84H164O17P2/c1-6-9-12-15-18-20-22-24-26-27-28-29-30-31-32-38-42-46-50-55-60-65-70-84(89)101-80(74-95-82(87)68-63-58-53-48-44-40-37-34-33-36-39-43-47-52-56-61-66-77(4)5)76-99-103(92,93)97-72-78(85)71-96-102(90,91)98-75-79(73-94-81(86)67-62-57-51-17-14-11-8-3)100-83(88)69-64-59-54-49-45-41-35-25-23-21-19-16-13-10-7-2/h77-80,85H,6-76H2,1-5H3,(H,90,91)(H,92,93)/t78-,79+,80+/m0/s1. The van der Waals surface area contributed by atoms with Crippen molar-refractivity contribution in [2.24, 2.45) is 5.92 Å². The number of unbranched alkanes of at least 4 members (excludes halogenated alkanes) is 56. The minimum atomic E-state index is -4.96. The fraction of sp³-hybridized carbons (Fsp3) is 0.952. The number of ether oxygens (including phenoxy) is 4. The first-order chi connectivity index (χ1) is 50.0. The molecule has 0 spiro atoms. The summed E-state index contributed by atoms with van der Waals surface area (Å²) in [4.78, 5) is 73.0. The molecule has 0 aliphatic carbocycles. The molecule has 0 aromatic carbocycles. The summed E-state index contributed by atoms with van der Waals surface area (Å²) in [6, 6.07) is 0. The Kier molecular flexibility index (Phi) is 75.4. The number of aliphatic hydroxyl groups is 1. The van der Waals surface area contributed by atoms with E-state index in [0.717, 1.165) is 109 Å². The Morgan fingerprint density at radius 3 is 0.660 bits per heavy atom. The fourth-order valence-electron chi connectivity index (χ4n) is 13.1. The SMILES string of the molecule is CCCCCCCCCCCCCCCCCCCCCCCCC(=O)O[C@H](COC(=O)CCCCCCCCCCCCCCCCCCC(C)C)COP(=O)(O)OC[C@@H](O)COP(=O)(O)OC[C@@H](COC(=O)CCCCCCCCC)OC(=O)CCCCCCCCCCCCCCCCC. The molecule has 103 heavy (non-hydrogen) atoms. The van der Waals surface area contributed by atoms with Crippen molar-refractivity contribution in [3.8, 4) is 0 Å². The zero-order valence-corrected chi connectivity index (χ0v) is 69.3. The van der Waals surface area contributed by atoms with E-state index >= 15 is 0 Å². The van der Waals surface area contributed by atoms with Crippen molar-refractivity contribution in [2.45, 2.75) is 470 Å². The van der Waals surface area contributed by atoms with Gasteiger partial charge < -0.3 is 33.8 Å². The fourth-order valence-corrected chi connectivity index (χ4v) is 14.7. The van der Waals surface area contributed by atoms with E-state index in [-0.39, 0.29) is 25.7 Å². The molecule has 0 saturated carbocycles. The molecule has 0 rings (SSSR count). The van der Waals surface area contributed by atoms with Crippen molar-refractivity contribution in [3.05, 3.63) is 0 Å². The summed E-state index contributed by atoms with van der Waals surface area (Å²) in [5, 5.41) is 10.6. The van der Waals surface area contributed by atoms with Crippen molar-refractivity contribution in [1.82, 2.24) is 0 Å². The van der Waals surface area contributed by atoms with Gasteiger partial charge in [-0.1, -0.05) is 401 Å². The molecule has 19 heteroatoms. The number of rotatable bonds is 84. The minimum absolute atomic E-state index is 0.108. The van der Waals surface area contributed by atoms with Crippen LogP contribution in [0.5, 0.6) is 0 Å². The number of esters is 4. The van der Waals surface area contributed by atoms with E-state index in [4.69, 9.17) is 37.0 Å². The molecule has 2 unspecified atom stereocenters. The summed E-state index contributed by atoms with van der Waals surface area (Å²) < 4.78 is 68.7. The van der Waals surface area contributed by atoms with Gasteiger partial charge in [-0.05, 0) is 31.6 Å². The van der Waals surface area contributed by atoms with Gasteiger partial charge in [0.2, 0.25) is 0 Å². The lowest BCUT2D eigenvalue weighted by molar-refractivity contribution is -0.161. The smallest absolute Gasteiger partial charge is 0.462 e. The Morgan fingerprint density at radius 2 is 0.447 bits per heavy atom. The van der Waals surface area contributed by atoms with E-state index in [1.807, 2.05) is 0 Å². The van der Waals surface area contributed by atoms with Crippen molar-refractivity contribution < 1.29 is 80.2 Å². The average Bonchev–Trinajstić information content (AvgIpc) is 0.921. The van der Waals surface area contributed by atoms with Gasteiger partial charge in [-0.25, -0.2) is 9.13 Å². The highest BCUT2D eigenvalue weighted by atomic mass is 31.2. The van der Waals surface area contributed by atoms with Crippen molar-refractivity contribution >= 4 is 39.5 Å². The van der Waals surface area contributed by atoms with Gasteiger partial charge in [0.25, 0.3) is 0 Å². The van der Waals surface area contributed by atoms with Crippen molar-refractivity contribution in [2.75, 3.05) is 39.6 Å². The van der Waals surface area contributed by atoms with E-state index in [1.165, 1.54) is 263 Å². The Labute approximate surface area is 632 Å². The lowest BCUT2D eigenvalue weighted by Crippen LogP contribution is -2.30. The summed E-state index contributed by atoms with van der Waals surface area (Å²) in [6.45, 7) is 7.34. The predicted molar refractivity (Wildman–Crippen MR) is 423 cm³/mol. The van der Waals surface area contributed by atoms with Crippen LogP contribution in [0.3, 0.4) is 0 Å². The summed E-state index contributed by atoms with van der Waals surface area (Å²) in [5.74, 6) is -1.30. The van der Waals surface area contributed by atoms with Gasteiger partial charge in [0.15, 0.2) is 12.2 Å². The molecule has 0 heterocycles. The number of aliphatic hydroxyl groups excluding tert-OH is 1. The number of carbonyl (C=O) groups is 4. The Balaban J connectivity index is 5.16. The number of phosphoric acid groups is 2. The van der Waals surface area contributed by atoms with Crippen LogP contribution < -0.4 is 0 Å². The van der Waals surface area contributed by atoms with Crippen molar-refractivity contribution in [3.63, 3.8) is 0 Å². The van der Waals surface area contributed by atoms with Gasteiger partial charge in [-0.2, -0.15) is 0 Å². The summed E-state index contributed by atoms with van der Waals surface area (Å²) in [5.41, 5.74) is 0. The summed E-state index contributed by atoms with van der Waals surface area (Å²) in [6.07, 6.45) is 69.7. The first kappa shape index (κ1) is 101. The van der Waals surface area contributed by atoms with Gasteiger partial charge in [0.1, 0.15) is 19.3 Å². The molecule has 0 amide bonds. The first-order valence-electron chi connectivity index (χ1n) is 43.6. The second-order valence-electron chi connectivity index (χ2n) is 30.7. The highest BCUT2D eigenvalue weighted by molar-refractivity contribution is 7.47. The first-order valence-corrected chi connectivity index (χ1v) is 46.6. The Morgan fingerprint density at radius 1 is 0.262 bits per heavy atom. The normalized spacial score (nSPS) is 13.8.